The third kappa shape index (κ3) is 4.29. The van der Waals surface area contributed by atoms with Gasteiger partial charge in [-0.25, -0.2) is 14.6 Å². The minimum atomic E-state index is -0.743. The molecule has 0 N–H and O–H groups in total. The van der Waals surface area contributed by atoms with Crippen molar-refractivity contribution in [2.45, 2.75) is 95.1 Å². The van der Waals surface area contributed by atoms with Crippen LogP contribution < -0.4 is 0 Å². The molecule has 0 radical (unpaired) electrons. The van der Waals surface area contributed by atoms with Crippen molar-refractivity contribution in [1.82, 2.24) is 0 Å². The number of ether oxygens (including phenoxy) is 3. The summed E-state index contributed by atoms with van der Waals surface area (Å²) in [4.78, 5) is 24.0. The van der Waals surface area contributed by atoms with Crippen molar-refractivity contribution in [3.63, 3.8) is 0 Å². The molecular weight excluding hydrogens is 424 g/mol. The summed E-state index contributed by atoms with van der Waals surface area (Å²) >= 11 is 2.94. The molecule has 8 atom stereocenters. The summed E-state index contributed by atoms with van der Waals surface area (Å²) in [5.74, 6) is 1.54. The Labute approximate surface area is 188 Å². The van der Waals surface area contributed by atoms with Gasteiger partial charge in [0.2, 0.25) is 5.79 Å². The van der Waals surface area contributed by atoms with Crippen molar-refractivity contribution in [2.24, 2.45) is 23.7 Å². The number of rotatable bonds is 4. The highest BCUT2D eigenvalue weighted by atomic mass is 32.2. The average Bonchev–Trinajstić information content (AvgIpc) is 2.87. The second-order valence-electron chi connectivity index (χ2n) is 10.5. The molecule has 5 fully saturated rings. The predicted molar refractivity (Wildman–Crippen MR) is 118 cm³/mol. The van der Waals surface area contributed by atoms with Crippen LogP contribution in [0.15, 0.2) is 0 Å². The number of carbonyl (C=O) groups is 1. The molecule has 0 unspecified atom stereocenters. The highest BCUT2D eigenvalue weighted by molar-refractivity contribution is 8.14. The first-order valence-electron chi connectivity index (χ1n) is 11.2. The van der Waals surface area contributed by atoms with Gasteiger partial charge in [-0.15, -0.1) is 11.8 Å². The molecule has 4 aliphatic heterocycles. The van der Waals surface area contributed by atoms with Crippen LogP contribution in [0.1, 0.15) is 67.2 Å². The van der Waals surface area contributed by atoms with Gasteiger partial charge in [-0.05, 0) is 55.7 Å². The molecule has 172 valence electrons. The van der Waals surface area contributed by atoms with Gasteiger partial charge in [-0.3, -0.25) is 0 Å². The van der Waals surface area contributed by atoms with Crippen LogP contribution in [0.3, 0.4) is 0 Å². The zero-order valence-corrected chi connectivity index (χ0v) is 20.6. The van der Waals surface area contributed by atoms with Crippen molar-refractivity contribution in [1.29, 1.82) is 0 Å². The van der Waals surface area contributed by atoms with Crippen LogP contribution in [0, 0.1) is 23.7 Å². The summed E-state index contributed by atoms with van der Waals surface area (Å²) in [6, 6.07) is 0. The molecule has 4 heterocycles. The molecule has 0 aromatic heterocycles. The van der Waals surface area contributed by atoms with Crippen LogP contribution in [-0.2, 0) is 24.0 Å². The minimum Gasteiger partial charge on any atom is -0.457 e. The molecule has 0 aromatic carbocycles. The van der Waals surface area contributed by atoms with Gasteiger partial charge >= 0.3 is 5.30 Å². The topological polar surface area (TPSA) is 63.2 Å². The highest BCUT2D eigenvalue weighted by Gasteiger charge is 2.69. The van der Waals surface area contributed by atoms with Gasteiger partial charge in [-0.1, -0.05) is 34.6 Å². The van der Waals surface area contributed by atoms with E-state index in [9.17, 15) is 4.79 Å². The summed E-state index contributed by atoms with van der Waals surface area (Å²) in [5.41, 5.74) is -0.528. The number of hydrogen-bond acceptors (Lipinski definition) is 8. The van der Waals surface area contributed by atoms with E-state index in [-0.39, 0.29) is 15.5 Å². The zero-order valence-electron chi connectivity index (χ0n) is 19.0. The lowest BCUT2D eigenvalue weighted by Gasteiger charge is -2.60. The summed E-state index contributed by atoms with van der Waals surface area (Å²) in [6.07, 6.45) is 3.75. The van der Waals surface area contributed by atoms with Crippen LogP contribution in [0.5, 0.6) is 0 Å². The zero-order chi connectivity index (χ0) is 21.7. The summed E-state index contributed by atoms with van der Waals surface area (Å²) < 4.78 is 18.2. The first kappa shape index (κ1) is 23.2. The Morgan fingerprint density at radius 3 is 2.63 bits per heavy atom. The molecular formula is C22H36O6S2. The Morgan fingerprint density at radius 2 is 1.90 bits per heavy atom. The maximum absolute atomic E-state index is 11.9. The van der Waals surface area contributed by atoms with E-state index in [1.165, 1.54) is 18.2 Å². The smallest absolute Gasteiger partial charge is 0.367 e. The van der Waals surface area contributed by atoms with Gasteiger partial charge in [0, 0.05) is 22.8 Å². The number of fused-ring (bicyclic) bond motifs is 2. The van der Waals surface area contributed by atoms with Gasteiger partial charge < -0.3 is 14.2 Å². The molecule has 1 spiro atoms. The van der Waals surface area contributed by atoms with Crippen molar-refractivity contribution < 1.29 is 28.8 Å². The monoisotopic (exact) mass is 460 g/mol. The number of thioether (sulfide) groups is 2. The van der Waals surface area contributed by atoms with Gasteiger partial charge in [0.15, 0.2) is 11.9 Å². The van der Waals surface area contributed by atoms with Crippen LogP contribution in [-0.4, -0.2) is 45.5 Å². The first-order valence-corrected chi connectivity index (χ1v) is 13.1. The molecule has 5 rings (SSSR count). The second-order valence-corrected chi connectivity index (χ2v) is 13.4. The molecule has 30 heavy (non-hydrogen) atoms. The fraction of sp³-hybridized carbons (Fsp3) is 0.955. The van der Waals surface area contributed by atoms with E-state index in [2.05, 4.69) is 13.8 Å². The lowest BCUT2D eigenvalue weighted by molar-refractivity contribution is -0.568. The third-order valence-corrected chi connectivity index (χ3v) is 9.24. The summed E-state index contributed by atoms with van der Waals surface area (Å²) in [7, 11) is 0. The van der Waals surface area contributed by atoms with E-state index in [1.807, 2.05) is 27.7 Å². The molecule has 0 amide bonds. The Morgan fingerprint density at radius 1 is 1.13 bits per heavy atom. The molecule has 6 nitrogen and oxygen atoms in total. The average molecular weight is 461 g/mol. The lowest BCUT2D eigenvalue weighted by atomic mass is 9.58. The largest absolute Gasteiger partial charge is 0.457 e. The highest BCUT2D eigenvalue weighted by Crippen LogP contribution is 2.61. The van der Waals surface area contributed by atoms with Crippen molar-refractivity contribution in [3.8, 4) is 0 Å². The van der Waals surface area contributed by atoms with Crippen LogP contribution in [0.4, 0.5) is 4.79 Å². The van der Waals surface area contributed by atoms with E-state index in [0.29, 0.717) is 36.0 Å². The summed E-state index contributed by atoms with van der Waals surface area (Å²) in [6.45, 7) is 12.9. The summed E-state index contributed by atoms with van der Waals surface area (Å²) in [5, 5.41) is -0.216. The van der Waals surface area contributed by atoms with Crippen LogP contribution in [0.25, 0.3) is 0 Å². The molecule has 5 aliphatic rings. The van der Waals surface area contributed by atoms with Crippen molar-refractivity contribution >= 4 is 28.8 Å². The molecule has 4 saturated heterocycles. The lowest BCUT2D eigenvalue weighted by Crippen LogP contribution is -2.70. The Bertz CT molecular complexity index is 654. The molecule has 1 aliphatic carbocycles. The van der Waals surface area contributed by atoms with Crippen LogP contribution in [0.2, 0.25) is 0 Å². The van der Waals surface area contributed by atoms with Gasteiger partial charge in [0.1, 0.15) is 12.0 Å². The minimum absolute atomic E-state index is 0.0137. The van der Waals surface area contributed by atoms with E-state index in [4.69, 9.17) is 24.0 Å². The maximum atomic E-state index is 11.9. The van der Waals surface area contributed by atoms with Gasteiger partial charge in [0.25, 0.3) is 0 Å². The maximum Gasteiger partial charge on any atom is 0.367 e. The van der Waals surface area contributed by atoms with E-state index >= 15 is 0 Å². The van der Waals surface area contributed by atoms with Gasteiger partial charge in [0.05, 0.1) is 0 Å². The Hall–Kier alpha value is 0.01000. The molecule has 1 saturated carbocycles. The predicted octanol–water partition coefficient (Wildman–Crippen LogP) is 5.60. The SMILES string of the molecule is C[C@H]1[C@H](SCCOC(=O)SC(C)(C)C)O[C@@H]2O[C@@]3(C)CC[C@H]4[C@H](C)CC[C@@H]1[C@@]24OO3. The first-order chi connectivity index (χ1) is 14.0. The Balaban J connectivity index is 1.41. The fourth-order valence-electron chi connectivity index (χ4n) is 5.63. The molecule has 8 heteroatoms. The van der Waals surface area contributed by atoms with E-state index in [1.54, 1.807) is 11.8 Å². The number of carbonyl (C=O) groups excluding carboxylic acids is 1. The quantitative estimate of drug-likeness (QED) is 0.305. The number of hydrogen-bond donors (Lipinski definition) is 0. The second kappa shape index (κ2) is 8.41. The third-order valence-electron chi connectivity index (χ3n) is 7.07. The van der Waals surface area contributed by atoms with Crippen molar-refractivity contribution in [2.75, 3.05) is 12.4 Å². The van der Waals surface area contributed by atoms with E-state index < -0.39 is 17.7 Å². The van der Waals surface area contributed by atoms with Crippen LogP contribution >= 0.6 is 23.5 Å². The Kier molecular flexibility index (Phi) is 6.50. The van der Waals surface area contributed by atoms with E-state index in [0.717, 1.165) is 19.3 Å². The molecule has 2 bridgehead atoms. The molecule has 0 aromatic rings. The van der Waals surface area contributed by atoms with Gasteiger partial charge in [-0.2, -0.15) is 0 Å². The van der Waals surface area contributed by atoms with Crippen molar-refractivity contribution in [3.05, 3.63) is 0 Å². The normalized spacial score (nSPS) is 45.5. The standard InChI is InChI=1S/C22H36O6S2/c1-13-7-8-16-14(2)17(29-12-11-24-19(23)30-20(3,4)5)25-18-22(16)15(13)9-10-21(6,26-18)27-28-22/h13-18H,7-12H2,1-6H3/t13-,14-,15+,16+,17+,18-,21-,22-/m1/s1. The fourth-order valence-corrected chi connectivity index (χ4v) is 7.36.